The molecule has 1 unspecified atom stereocenters. The van der Waals surface area contributed by atoms with E-state index in [0.29, 0.717) is 18.0 Å². The minimum Gasteiger partial charge on any atom is -0.322 e. The number of aryl methyl sites for hydroxylation is 1. The summed E-state index contributed by atoms with van der Waals surface area (Å²) in [5, 5.41) is 6.62. The monoisotopic (exact) mass is 307 g/mol. The van der Waals surface area contributed by atoms with Gasteiger partial charge in [-0.3, -0.25) is 9.69 Å². The second kappa shape index (κ2) is 5.31. The van der Waals surface area contributed by atoms with E-state index in [4.69, 9.17) is 11.6 Å². The zero-order chi connectivity index (χ0) is 15.0. The number of urea groups is 1. The minimum absolute atomic E-state index is 0.156. The minimum atomic E-state index is -0.771. The predicted molar refractivity (Wildman–Crippen MR) is 80.1 cm³/mol. The predicted octanol–water partition coefficient (Wildman–Crippen LogP) is 1.82. The summed E-state index contributed by atoms with van der Waals surface area (Å²) in [6.07, 6.45) is 1.56. The van der Waals surface area contributed by atoms with E-state index in [-0.39, 0.29) is 18.5 Å². The third-order valence-electron chi connectivity index (χ3n) is 4.17. The SMILES string of the molecule is Cc1ccc(CN2C(=O)NC3(CCCNC3)C2=O)c(Cl)c1. The molecule has 2 aliphatic heterocycles. The van der Waals surface area contributed by atoms with E-state index in [1.807, 2.05) is 25.1 Å². The molecule has 1 aromatic carbocycles. The smallest absolute Gasteiger partial charge is 0.322 e. The lowest BCUT2D eigenvalue weighted by atomic mass is 9.90. The topological polar surface area (TPSA) is 61.4 Å². The number of halogens is 1. The Kier molecular flexibility index (Phi) is 3.63. The van der Waals surface area contributed by atoms with Gasteiger partial charge in [0.2, 0.25) is 0 Å². The van der Waals surface area contributed by atoms with Gasteiger partial charge in [-0.2, -0.15) is 0 Å². The van der Waals surface area contributed by atoms with E-state index in [1.165, 1.54) is 4.90 Å². The summed E-state index contributed by atoms with van der Waals surface area (Å²) in [4.78, 5) is 26.1. The fourth-order valence-corrected chi connectivity index (χ4v) is 3.26. The van der Waals surface area contributed by atoms with Crippen molar-refractivity contribution in [3.05, 3.63) is 34.3 Å². The Morgan fingerprint density at radius 1 is 1.38 bits per heavy atom. The van der Waals surface area contributed by atoms with Crippen molar-refractivity contribution >= 4 is 23.5 Å². The van der Waals surface area contributed by atoms with Crippen molar-refractivity contribution in [3.63, 3.8) is 0 Å². The summed E-state index contributed by atoms with van der Waals surface area (Å²) in [6.45, 7) is 3.54. The Morgan fingerprint density at radius 3 is 2.86 bits per heavy atom. The van der Waals surface area contributed by atoms with Gasteiger partial charge in [0.15, 0.2) is 0 Å². The zero-order valence-electron chi connectivity index (χ0n) is 11.9. The third-order valence-corrected chi connectivity index (χ3v) is 4.52. The van der Waals surface area contributed by atoms with Crippen molar-refractivity contribution in [3.8, 4) is 0 Å². The summed E-state index contributed by atoms with van der Waals surface area (Å²) in [5.41, 5.74) is 1.06. The van der Waals surface area contributed by atoms with Gasteiger partial charge in [-0.1, -0.05) is 23.7 Å². The molecule has 6 heteroatoms. The van der Waals surface area contributed by atoms with Crippen LogP contribution >= 0.6 is 11.6 Å². The van der Waals surface area contributed by atoms with Crippen molar-refractivity contribution in [2.75, 3.05) is 13.1 Å². The quantitative estimate of drug-likeness (QED) is 0.819. The fraction of sp³-hybridized carbons (Fsp3) is 0.467. The van der Waals surface area contributed by atoms with Crippen LogP contribution in [0.5, 0.6) is 0 Å². The highest BCUT2D eigenvalue weighted by Gasteiger charge is 2.51. The molecule has 0 bridgehead atoms. The molecule has 3 amide bonds. The standard InChI is InChI=1S/C15H18ClN3O2/c1-10-3-4-11(12(16)7-10)8-19-13(20)15(18-14(19)21)5-2-6-17-9-15/h3-4,7,17H,2,5-6,8-9H2,1H3,(H,18,21). The molecule has 1 atom stereocenters. The highest BCUT2D eigenvalue weighted by atomic mass is 35.5. The van der Waals surface area contributed by atoms with E-state index >= 15 is 0 Å². The molecule has 0 saturated carbocycles. The van der Waals surface area contributed by atoms with Gasteiger partial charge in [-0.25, -0.2) is 4.79 Å². The first-order chi connectivity index (χ1) is 10.0. The van der Waals surface area contributed by atoms with Crippen LogP contribution in [-0.2, 0) is 11.3 Å². The van der Waals surface area contributed by atoms with Crippen LogP contribution in [0.3, 0.4) is 0 Å². The average molecular weight is 308 g/mol. The van der Waals surface area contributed by atoms with Crippen LogP contribution in [-0.4, -0.2) is 35.5 Å². The highest BCUT2D eigenvalue weighted by molar-refractivity contribution is 6.31. The third kappa shape index (κ3) is 2.51. The zero-order valence-corrected chi connectivity index (χ0v) is 12.7. The van der Waals surface area contributed by atoms with Crippen molar-refractivity contribution in [2.24, 2.45) is 0 Å². The van der Waals surface area contributed by atoms with Gasteiger partial charge in [0.25, 0.3) is 5.91 Å². The van der Waals surface area contributed by atoms with Crippen LogP contribution in [0.1, 0.15) is 24.0 Å². The van der Waals surface area contributed by atoms with Gasteiger partial charge in [-0.15, -0.1) is 0 Å². The molecule has 21 heavy (non-hydrogen) atoms. The summed E-state index contributed by atoms with van der Waals surface area (Å²) in [5.74, 6) is -0.156. The van der Waals surface area contributed by atoms with E-state index < -0.39 is 5.54 Å². The molecule has 2 saturated heterocycles. The van der Waals surface area contributed by atoms with E-state index in [0.717, 1.165) is 24.1 Å². The molecule has 2 fully saturated rings. The number of hydrogen-bond donors (Lipinski definition) is 2. The van der Waals surface area contributed by atoms with Crippen LogP contribution < -0.4 is 10.6 Å². The number of piperidine rings is 1. The van der Waals surface area contributed by atoms with E-state index in [1.54, 1.807) is 0 Å². The number of nitrogens with one attached hydrogen (secondary N) is 2. The Hall–Kier alpha value is -1.59. The molecule has 5 nitrogen and oxygen atoms in total. The maximum Gasteiger partial charge on any atom is 0.325 e. The molecule has 0 aromatic heterocycles. The van der Waals surface area contributed by atoms with Crippen LogP contribution in [0, 0.1) is 6.92 Å². The maximum atomic E-state index is 12.6. The second-order valence-corrected chi connectivity index (χ2v) is 6.19. The molecule has 2 aliphatic rings. The largest absolute Gasteiger partial charge is 0.325 e. The maximum absolute atomic E-state index is 12.6. The fourth-order valence-electron chi connectivity index (χ4n) is 2.97. The van der Waals surface area contributed by atoms with Crippen molar-refractivity contribution in [2.45, 2.75) is 31.8 Å². The number of nitrogens with zero attached hydrogens (tertiary/aromatic N) is 1. The molecule has 2 N–H and O–H groups in total. The molecule has 0 radical (unpaired) electrons. The lowest BCUT2D eigenvalue weighted by Crippen LogP contribution is -2.57. The number of benzene rings is 1. The van der Waals surface area contributed by atoms with Crippen LogP contribution in [0.15, 0.2) is 18.2 Å². The summed E-state index contributed by atoms with van der Waals surface area (Å²) in [6, 6.07) is 5.30. The second-order valence-electron chi connectivity index (χ2n) is 5.78. The van der Waals surface area contributed by atoms with Crippen molar-refractivity contribution in [1.29, 1.82) is 0 Å². The Balaban J connectivity index is 1.82. The number of imide groups is 1. The van der Waals surface area contributed by atoms with Crippen LogP contribution in [0.2, 0.25) is 5.02 Å². The first-order valence-corrected chi connectivity index (χ1v) is 7.49. The lowest BCUT2D eigenvalue weighted by Gasteiger charge is -2.31. The Labute approximate surface area is 128 Å². The number of hydrogen-bond acceptors (Lipinski definition) is 3. The van der Waals surface area contributed by atoms with Gasteiger partial charge >= 0.3 is 6.03 Å². The van der Waals surface area contributed by atoms with Gasteiger partial charge in [0, 0.05) is 11.6 Å². The van der Waals surface area contributed by atoms with E-state index in [2.05, 4.69) is 10.6 Å². The number of carbonyl (C=O) groups is 2. The molecule has 2 heterocycles. The number of carbonyl (C=O) groups excluding carboxylic acids is 2. The van der Waals surface area contributed by atoms with Gasteiger partial charge in [-0.05, 0) is 43.5 Å². The summed E-state index contributed by atoms with van der Waals surface area (Å²) in [7, 11) is 0. The molecule has 1 spiro atoms. The average Bonchev–Trinajstić information content (AvgIpc) is 2.67. The molecule has 3 rings (SSSR count). The normalized spacial score (nSPS) is 25.5. The number of rotatable bonds is 2. The Morgan fingerprint density at radius 2 is 2.19 bits per heavy atom. The molecule has 112 valence electrons. The molecular weight excluding hydrogens is 290 g/mol. The van der Waals surface area contributed by atoms with Crippen LogP contribution in [0.4, 0.5) is 4.79 Å². The van der Waals surface area contributed by atoms with Crippen molar-refractivity contribution < 1.29 is 9.59 Å². The highest BCUT2D eigenvalue weighted by Crippen LogP contribution is 2.28. The van der Waals surface area contributed by atoms with Gasteiger partial charge in [0.05, 0.1) is 6.54 Å². The first-order valence-electron chi connectivity index (χ1n) is 7.12. The van der Waals surface area contributed by atoms with Crippen molar-refractivity contribution in [1.82, 2.24) is 15.5 Å². The first kappa shape index (κ1) is 14.4. The molecular formula is C15H18ClN3O2. The van der Waals surface area contributed by atoms with Crippen LogP contribution in [0.25, 0.3) is 0 Å². The van der Waals surface area contributed by atoms with E-state index in [9.17, 15) is 9.59 Å². The Bertz CT molecular complexity index is 597. The summed E-state index contributed by atoms with van der Waals surface area (Å²) >= 11 is 6.20. The summed E-state index contributed by atoms with van der Waals surface area (Å²) < 4.78 is 0. The van der Waals surface area contributed by atoms with Gasteiger partial charge < -0.3 is 10.6 Å². The lowest BCUT2D eigenvalue weighted by molar-refractivity contribution is -0.132. The molecule has 1 aromatic rings. The van der Waals surface area contributed by atoms with Gasteiger partial charge in [0.1, 0.15) is 5.54 Å². The number of amides is 3. The molecule has 0 aliphatic carbocycles.